The van der Waals surface area contributed by atoms with Gasteiger partial charge in [-0.1, -0.05) is 36.0 Å². The van der Waals surface area contributed by atoms with Crippen LogP contribution in [0.1, 0.15) is 36.1 Å². The zero-order chi connectivity index (χ0) is 20.3. The smallest absolute Gasteiger partial charge is 0.308 e. The minimum Gasteiger partial charge on any atom is -0.496 e. The Labute approximate surface area is 174 Å². The van der Waals surface area contributed by atoms with Gasteiger partial charge in [0.25, 0.3) is 0 Å². The fourth-order valence-corrected chi connectivity index (χ4v) is 3.70. The van der Waals surface area contributed by atoms with Crippen LogP contribution in [0.3, 0.4) is 0 Å². The lowest BCUT2D eigenvalue weighted by atomic mass is 9.95. The van der Waals surface area contributed by atoms with Gasteiger partial charge in [0, 0.05) is 16.3 Å². The van der Waals surface area contributed by atoms with Crippen molar-refractivity contribution in [2.45, 2.75) is 32.5 Å². The van der Waals surface area contributed by atoms with Crippen LogP contribution in [0, 0.1) is 6.92 Å². The van der Waals surface area contributed by atoms with Crippen LogP contribution >= 0.6 is 23.8 Å². The summed E-state index contributed by atoms with van der Waals surface area (Å²) in [6.45, 7) is 4.04. The van der Waals surface area contributed by atoms with E-state index >= 15 is 0 Å². The van der Waals surface area contributed by atoms with Gasteiger partial charge in [0.05, 0.1) is 20.1 Å². The lowest BCUT2D eigenvalue weighted by molar-refractivity contribution is -0.145. The van der Waals surface area contributed by atoms with Gasteiger partial charge < -0.3 is 19.5 Å². The van der Waals surface area contributed by atoms with Gasteiger partial charge in [0.15, 0.2) is 0 Å². The number of nitrogens with one attached hydrogen (secondary N) is 1. The summed E-state index contributed by atoms with van der Waals surface area (Å²) in [4.78, 5) is 12.5. The number of halogens is 1. The zero-order valence-corrected chi connectivity index (χ0v) is 17.5. The van der Waals surface area contributed by atoms with E-state index in [0.29, 0.717) is 16.6 Å². The number of anilines is 1. The van der Waals surface area contributed by atoms with E-state index in [2.05, 4.69) is 5.32 Å². The number of hydrogen-bond donors (Lipinski definition) is 1. The van der Waals surface area contributed by atoms with Crippen LogP contribution in [0.25, 0.3) is 0 Å². The Bertz CT molecular complexity index is 902. The fraction of sp³-hybridized carbons (Fsp3) is 0.333. The molecule has 0 aromatic heterocycles. The molecule has 28 heavy (non-hydrogen) atoms. The number of benzene rings is 2. The second-order valence-electron chi connectivity index (χ2n) is 6.41. The molecule has 0 fully saturated rings. The number of carbonyl (C=O) groups excluding carboxylic acids is 1. The topological polar surface area (TPSA) is 56.8 Å². The Kier molecular flexibility index (Phi) is 6.54. The molecule has 7 heteroatoms. The monoisotopic (exact) mass is 419 g/mol. The summed E-state index contributed by atoms with van der Waals surface area (Å²) in [7, 11) is 1.63. The van der Waals surface area contributed by atoms with Crippen LogP contribution in [0.2, 0.25) is 5.02 Å². The molecule has 1 aliphatic rings. The second kappa shape index (κ2) is 8.90. The molecule has 0 saturated heterocycles. The van der Waals surface area contributed by atoms with Gasteiger partial charge >= 0.3 is 5.97 Å². The molecule has 0 amide bonds. The number of esters is 1. The molecule has 1 heterocycles. The van der Waals surface area contributed by atoms with Gasteiger partial charge in [-0.25, -0.2) is 0 Å². The number of methoxy groups -OCH3 is 1. The third kappa shape index (κ3) is 4.29. The first-order valence-electron chi connectivity index (χ1n) is 8.99. The first kappa shape index (κ1) is 20.6. The van der Waals surface area contributed by atoms with E-state index in [4.69, 9.17) is 38.0 Å². The van der Waals surface area contributed by atoms with E-state index in [0.717, 1.165) is 28.1 Å². The molecular formula is C21H22ClNO4S. The van der Waals surface area contributed by atoms with Gasteiger partial charge in [0.1, 0.15) is 22.9 Å². The molecule has 0 aliphatic carbocycles. The number of ether oxygens (including phenoxy) is 3. The molecular weight excluding hydrogens is 398 g/mol. The number of carbonyl (C=O) groups is 1. The number of rotatable bonds is 5. The van der Waals surface area contributed by atoms with Crippen molar-refractivity contribution in [3.63, 3.8) is 0 Å². The van der Waals surface area contributed by atoms with E-state index in [1.165, 1.54) is 0 Å². The van der Waals surface area contributed by atoms with Crippen LogP contribution in [0.4, 0.5) is 5.69 Å². The van der Waals surface area contributed by atoms with Crippen LogP contribution < -0.4 is 10.1 Å². The largest absolute Gasteiger partial charge is 0.496 e. The highest BCUT2D eigenvalue weighted by atomic mass is 35.5. The van der Waals surface area contributed by atoms with Crippen LogP contribution in [0.15, 0.2) is 36.4 Å². The quantitative estimate of drug-likeness (QED) is 0.553. The summed E-state index contributed by atoms with van der Waals surface area (Å²) in [5, 5.41) is 3.79. The highest BCUT2D eigenvalue weighted by Crippen LogP contribution is 2.40. The lowest BCUT2D eigenvalue weighted by Crippen LogP contribution is -2.31. The standard InChI is InChI=1S/C21H22ClNO4S/c1-4-26-19(24)11-18-21(28)23-16-9-8-13(22)10-15(16)20(27-18)14-6-5-7-17(25-3)12(14)2/h5-10,18,20H,4,11H2,1-3H3,(H,23,28)/t18-,20-/m0/s1. The molecule has 0 spiro atoms. The van der Waals surface area contributed by atoms with Gasteiger partial charge in [-0.3, -0.25) is 4.79 Å². The molecule has 3 rings (SSSR count). The summed E-state index contributed by atoms with van der Waals surface area (Å²) < 4.78 is 16.9. The second-order valence-corrected chi connectivity index (χ2v) is 7.29. The predicted octanol–water partition coefficient (Wildman–Crippen LogP) is 4.84. The Morgan fingerprint density at radius 2 is 2.07 bits per heavy atom. The number of thiocarbonyl (C=S) groups is 1. The molecule has 0 bridgehead atoms. The molecule has 2 aromatic rings. The van der Waals surface area contributed by atoms with Crippen LogP contribution in [-0.2, 0) is 14.3 Å². The Balaban J connectivity index is 2.08. The van der Waals surface area contributed by atoms with Crippen molar-refractivity contribution < 1.29 is 19.0 Å². The zero-order valence-electron chi connectivity index (χ0n) is 16.0. The molecule has 0 saturated carbocycles. The first-order valence-corrected chi connectivity index (χ1v) is 9.78. The van der Waals surface area contributed by atoms with Crippen molar-refractivity contribution in [1.82, 2.24) is 0 Å². The molecule has 0 unspecified atom stereocenters. The van der Waals surface area contributed by atoms with Crippen LogP contribution in [0.5, 0.6) is 5.75 Å². The lowest BCUT2D eigenvalue weighted by Gasteiger charge is -2.24. The molecule has 148 valence electrons. The number of hydrogen-bond acceptors (Lipinski definition) is 5. The summed E-state index contributed by atoms with van der Waals surface area (Å²) in [5.41, 5.74) is 3.51. The SMILES string of the molecule is CCOC(=O)C[C@@H]1O[C@@H](c2cccc(OC)c2C)c2cc(Cl)ccc2NC1=S. The highest BCUT2D eigenvalue weighted by Gasteiger charge is 2.32. The summed E-state index contributed by atoms with van der Waals surface area (Å²) in [6, 6.07) is 11.3. The van der Waals surface area contributed by atoms with Gasteiger partial charge in [-0.2, -0.15) is 0 Å². The Morgan fingerprint density at radius 1 is 1.29 bits per heavy atom. The third-order valence-corrected chi connectivity index (χ3v) is 5.23. The van der Waals surface area contributed by atoms with Gasteiger partial charge in [-0.15, -0.1) is 0 Å². The minimum absolute atomic E-state index is 0.0287. The van der Waals surface area contributed by atoms with Crippen molar-refractivity contribution in [3.05, 3.63) is 58.1 Å². The normalized spacial score (nSPS) is 18.6. The highest BCUT2D eigenvalue weighted by molar-refractivity contribution is 7.80. The van der Waals surface area contributed by atoms with E-state index in [-0.39, 0.29) is 12.4 Å². The summed E-state index contributed by atoms with van der Waals surface area (Å²) in [5.74, 6) is 0.396. The molecule has 2 atom stereocenters. The van der Waals surface area contributed by atoms with Crippen molar-refractivity contribution >= 4 is 40.5 Å². The first-order chi connectivity index (χ1) is 13.4. The predicted molar refractivity (Wildman–Crippen MR) is 113 cm³/mol. The van der Waals surface area contributed by atoms with Crippen molar-refractivity contribution in [1.29, 1.82) is 0 Å². The van der Waals surface area contributed by atoms with E-state index < -0.39 is 12.2 Å². The van der Waals surface area contributed by atoms with Gasteiger partial charge in [0.2, 0.25) is 0 Å². The van der Waals surface area contributed by atoms with E-state index in [1.807, 2.05) is 37.3 Å². The maximum Gasteiger partial charge on any atom is 0.308 e. The average Bonchev–Trinajstić information content (AvgIpc) is 2.79. The summed E-state index contributed by atoms with van der Waals surface area (Å²) >= 11 is 11.8. The van der Waals surface area contributed by atoms with Crippen molar-refractivity contribution in [2.24, 2.45) is 0 Å². The maximum atomic E-state index is 12.1. The molecule has 1 N–H and O–H groups in total. The fourth-order valence-electron chi connectivity index (χ4n) is 3.27. The molecule has 0 radical (unpaired) electrons. The third-order valence-electron chi connectivity index (χ3n) is 4.63. The average molecular weight is 420 g/mol. The minimum atomic E-state index is -0.629. The maximum absolute atomic E-state index is 12.1. The summed E-state index contributed by atoms with van der Waals surface area (Å²) in [6.07, 6.45) is -1.08. The van der Waals surface area contributed by atoms with E-state index in [1.54, 1.807) is 20.1 Å². The number of fused-ring (bicyclic) bond motifs is 1. The van der Waals surface area contributed by atoms with Crippen LogP contribution in [-0.4, -0.2) is 30.8 Å². The molecule has 5 nitrogen and oxygen atoms in total. The Morgan fingerprint density at radius 3 is 2.79 bits per heavy atom. The Hall–Kier alpha value is -2.15. The van der Waals surface area contributed by atoms with Crippen molar-refractivity contribution in [3.8, 4) is 5.75 Å². The van der Waals surface area contributed by atoms with E-state index in [9.17, 15) is 4.79 Å². The molecule has 2 aromatic carbocycles. The van der Waals surface area contributed by atoms with Gasteiger partial charge in [-0.05, 0) is 49.2 Å². The van der Waals surface area contributed by atoms with Crippen molar-refractivity contribution in [2.75, 3.05) is 19.0 Å². The molecule has 1 aliphatic heterocycles.